The van der Waals surface area contributed by atoms with Crippen molar-refractivity contribution in [1.29, 1.82) is 0 Å². The van der Waals surface area contributed by atoms with Gasteiger partial charge in [-0.15, -0.1) is 0 Å². The number of nitro benzene ring substituents is 1. The maximum Gasteiger partial charge on any atom is 0.270 e. The van der Waals surface area contributed by atoms with Crippen molar-refractivity contribution in [2.75, 3.05) is 12.4 Å². The summed E-state index contributed by atoms with van der Waals surface area (Å²) in [7, 11) is 1.47. The average molecular weight is 386 g/mol. The van der Waals surface area contributed by atoms with Gasteiger partial charge in [0, 0.05) is 16.6 Å². The van der Waals surface area contributed by atoms with Gasteiger partial charge in [-0.2, -0.15) is 0 Å². The first-order chi connectivity index (χ1) is 10.4. The molecule has 1 amide bonds. The van der Waals surface area contributed by atoms with Crippen molar-refractivity contribution in [2.24, 2.45) is 0 Å². The van der Waals surface area contributed by atoms with E-state index in [0.717, 1.165) is 10.5 Å². The van der Waals surface area contributed by atoms with Crippen LogP contribution in [0, 0.1) is 10.1 Å². The predicted molar refractivity (Wildman–Crippen MR) is 86.8 cm³/mol. The minimum absolute atomic E-state index is 0.0119. The molecule has 0 fully saturated rings. The minimum Gasteiger partial charge on any atom is -0.495 e. The molecule has 0 aromatic heterocycles. The molecule has 8 heteroatoms. The SMILES string of the molecule is COc1ccc(Br)cc1NC(=O)c1cc([N+](=O)[O-])ccc1Cl. The maximum absolute atomic E-state index is 12.3. The first-order valence-corrected chi connectivity index (χ1v) is 7.18. The molecule has 114 valence electrons. The van der Waals surface area contributed by atoms with Crippen LogP contribution in [0.5, 0.6) is 5.75 Å². The van der Waals surface area contributed by atoms with E-state index in [1.54, 1.807) is 18.2 Å². The van der Waals surface area contributed by atoms with E-state index >= 15 is 0 Å². The third-order valence-corrected chi connectivity index (χ3v) is 3.64. The molecule has 0 aliphatic carbocycles. The fourth-order valence-corrected chi connectivity index (χ4v) is 2.33. The van der Waals surface area contributed by atoms with Gasteiger partial charge >= 0.3 is 0 Å². The Kier molecular flexibility index (Phi) is 4.99. The zero-order valence-electron chi connectivity index (χ0n) is 11.3. The Morgan fingerprint density at radius 2 is 2.05 bits per heavy atom. The third kappa shape index (κ3) is 3.55. The number of carbonyl (C=O) groups is 1. The van der Waals surface area contributed by atoms with E-state index in [9.17, 15) is 14.9 Å². The number of hydrogen-bond donors (Lipinski definition) is 1. The summed E-state index contributed by atoms with van der Waals surface area (Å²) in [6.45, 7) is 0. The summed E-state index contributed by atoms with van der Waals surface area (Å²) in [6.07, 6.45) is 0. The van der Waals surface area contributed by atoms with Gasteiger partial charge in [-0.05, 0) is 24.3 Å². The quantitative estimate of drug-likeness (QED) is 0.629. The van der Waals surface area contributed by atoms with E-state index in [1.807, 2.05) is 0 Å². The van der Waals surface area contributed by atoms with Gasteiger partial charge in [0.25, 0.3) is 11.6 Å². The normalized spacial score (nSPS) is 10.1. The van der Waals surface area contributed by atoms with Crippen LogP contribution in [0.3, 0.4) is 0 Å². The summed E-state index contributed by atoms with van der Waals surface area (Å²) in [6, 6.07) is 8.76. The number of ether oxygens (including phenoxy) is 1. The second kappa shape index (κ2) is 6.76. The van der Waals surface area contributed by atoms with Crippen molar-refractivity contribution in [3.63, 3.8) is 0 Å². The van der Waals surface area contributed by atoms with E-state index < -0.39 is 10.8 Å². The van der Waals surface area contributed by atoms with E-state index in [4.69, 9.17) is 16.3 Å². The highest BCUT2D eigenvalue weighted by Crippen LogP contribution is 2.29. The minimum atomic E-state index is -0.590. The van der Waals surface area contributed by atoms with Crippen LogP contribution >= 0.6 is 27.5 Å². The fourth-order valence-electron chi connectivity index (χ4n) is 1.77. The molecule has 2 rings (SSSR count). The topological polar surface area (TPSA) is 81.5 Å². The second-order valence-electron chi connectivity index (χ2n) is 4.22. The van der Waals surface area contributed by atoms with Crippen molar-refractivity contribution in [3.8, 4) is 5.75 Å². The lowest BCUT2D eigenvalue weighted by Gasteiger charge is -2.11. The van der Waals surface area contributed by atoms with Crippen LogP contribution in [0.1, 0.15) is 10.4 Å². The number of amides is 1. The van der Waals surface area contributed by atoms with Crippen molar-refractivity contribution in [1.82, 2.24) is 0 Å². The molecule has 2 aromatic carbocycles. The predicted octanol–water partition coefficient (Wildman–Crippen LogP) is 4.27. The number of nitro groups is 1. The number of benzene rings is 2. The van der Waals surface area contributed by atoms with Gasteiger partial charge in [0.2, 0.25) is 0 Å². The maximum atomic E-state index is 12.3. The number of rotatable bonds is 4. The number of nitrogens with zero attached hydrogens (tertiary/aromatic N) is 1. The Hall–Kier alpha value is -2.12. The lowest BCUT2D eigenvalue weighted by Crippen LogP contribution is -2.13. The van der Waals surface area contributed by atoms with Gasteiger partial charge in [-0.1, -0.05) is 27.5 Å². The molecule has 0 spiro atoms. The summed E-state index contributed by atoms with van der Waals surface area (Å²) >= 11 is 9.24. The molecule has 0 aliphatic rings. The van der Waals surface area contributed by atoms with E-state index in [-0.39, 0.29) is 16.3 Å². The molecule has 2 aromatic rings. The number of non-ortho nitro benzene ring substituents is 1. The number of anilines is 1. The lowest BCUT2D eigenvalue weighted by atomic mass is 10.1. The smallest absolute Gasteiger partial charge is 0.270 e. The van der Waals surface area contributed by atoms with Crippen molar-refractivity contribution in [2.45, 2.75) is 0 Å². The highest BCUT2D eigenvalue weighted by molar-refractivity contribution is 9.10. The fraction of sp³-hybridized carbons (Fsp3) is 0.0714. The molecule has 0 bridgehead atoms. The Labute approximate surface area is 139 Å². The monoisotopic (exact) mass is 384 g/mol. The number of nitrogens with one attached hydrogen (secondary N) is 1. The number of carbonyl (C=O) groups excluding carboxylic acids is 1. The summed E-state index contributed by atoms with van der Waals surface area (Å²) in [5.74, 6) is -0.108. The van der Waals surface area contributed by atoms with E-state index in [1.165, 1.54) is 19.2 Å². The first-order valence-electron chi connectivity index (χ1n) is 6.01. The summed E-state index contributed by atoms with van der Waals surface area (Å²) < 4.78 is 5.90. The van der Waals surface area contributed by atoms with Crippen molar-refractivity contribution < 1.29 is 14.5 Å². The summed E-state index contributed by atoms with van der Waals surface area (Å²) in [5.41, 5.74) is 0.220. The van der Waals surface area contributed by atoms with Crippen LogP contribution in [0.4, 0.5) is 11.4 Å². The summed E-state index contributed by atoms with van der Waals surface area (Å²) in [5, 5.41) is 13.5. The second-order valence-corrected chi connectivity index (χ2v) is 5.54. The molecule has 0 radical (unpaired) electrons. The zero-order valence-corrected chi connectivity index (χ0v) is 13.6. The molecular weight excluding hydrogens is 376 g/mol. The van der Waals surface area contributed by atoms with Crippen LogP contribution < -0.4 is 10.1 Å². The number of hydrogen-bond acceptors (Lipinski definition) is 4. The van der Waals surface area contributed by atoms with Crippen LogP contribution in [-0.4, -0.2) is 17.9 Å². The molecule has 0 unspecified atom stereocenters. The van der Waals surface area contributed by atoms with Gasteiger partial charge < -0.3 is 10.1 Å². The largest absolute Gasteiger partial charge is 0.495 e. The van der Waals surface area contributed by atoms with E-state index in [2.05, 4.69) is 21.2 Å². The van der Waals surface area contributed by atoms with Gasteiger partial charge in [0.1, 0.15) is 5.75 Å². The Morgan fingerprint density at radius 1 is 1.32 bits per heavy atom. The van der Waals surface area contributed by atoms with Gasteiger partial charge in [0.15, 0.2) is 0 Å². The van der Waals surface area contributed by atoms with Gasteiger partial charge in [0.05, 0.1) is 28.3 Å². The molecule has 6 nitrogen and oxygen atoms in total. The third-order valence-electron chi connectivity index (χ3n) is 2.82. The first kappa shape index (κ1) is 16.3. The molecule has 0 atom stereocenters. The molecule has 0 saturated heterocycles. The highest BCUT2D eigenvalue weighted by atomic mass is 79.9. The molecular formula is C14H10BrClN2O4. The standard InChI is InChI=1S/C14H10BrClN2O4/c1-22-13-5-2-8(15)6-12(13)17-14(19)10-7-9(18(20)21)3-4-11(10)16/h2-7H,1H3,(H,17,19). The van der Waals surface area contributed by atoms with Gasteiger partial charge in [-0.3, -0.25) is 14.9 Å². The molecule has 0 aliphatic heterocycles. The molecule has 0 heterocycles. The molecule has 1 N–H and O–H groups in total. The Bertz CT molecular complexity index is 752. The summed E-state index contributed by atoms with van der Waals surface area (Å²) in [4.78, 5) is 22.5. The van der Waals surface area contributed by atoms with Crippen LogP contribution in [-0.2, 0) is 0 Å². The lowest BCUT2D eigenvalue weighted by molar-refractivity contribution is -0.384. The van der Waals surface area contributed by atoms with Crippen molar-refractivity contribution in [3.05, 3.63) is 61.6 Å². The van der Waals surface area contributed by atoms with E-state index in [0.29, 0.717) is 11.4 Å². The molecule has 22 heavy (non-hydrogen) atoms. The molecule has 0 saturated carbocycles. The average Bonchev–Trinajstić information content (AvgIpc) is 2.47. The highest BCUT2D eigenvalue weighted by Gasteiger charge is 2.17. The van der Waals surface area contributed by atoms with Crippen LogP contribution in [0.25, 0.3) is 0 Å². The van der Waals surface area contributed by atoms with Crippen molar-refractivity contribution >= 4 is 44.8 Å². The number of halogens is 2. The Morgan fingerprint density at radius 3 is 2.68 bits per heavy atom. The number of methoxy groups -OCH3 is 1. The van der Waals surface area contributed by atoms with Gasteiger partial charge in [-0.25, -0.2) is 0 Å². The van der Waals surface area contributed by atoms with Crippen LogP contribution in [0.15, 0.2) is 40.9 Å². The zero-order chi connectivity index (χ0) is 16.3. The Balaban J connectivity index is 2.35. The van der Waals surface area contributed by atoms with Crippen LogP contribution in [0.2, 0.25) is 5.02 Å².